The minimum absolute atomic E-state index is 0.553. The summed E-state index contributed by atoms with van der Waals surface area (Å²) >= 11 is 0. The van der Waals surface area contributed by atoms with Crippen molar-refractivity contribution in [2.45, 2.75) is 0 Å². The van der Waals surface area contributed by atoms with Gasteiger partial charge in [-0.1, -0.05) is 212 Å². The molecule has 0 atom stereocenters. The summed E-state index contributed by atoms with van der Waals surface area (Å²) in [5, 5.41) is 4.59. The van der Waals surface area contributed by atoms with Gasteiger partial charge in [-0.15, -0.1) is 0 Å². The summed E-state index contributed by atoms with van der Waals surface area (Å²) < 4.78 is 4.73. The number of rotatable bonds is 8. The highest BCUT2D eigenvalue weighted by atomic mass is 15.2. The third-order valence-electron chi connectivity index (χ3n) is 13.2. The molecule has 318 valence electrons. The normalized spacial score (nSPS) is 11.5. The molecule has 0 amide bonds. The molecular weight excluding hydrogens is 827 g/mol. The molecule has 0 aliphatic rings. The van der Waals surface area contributed by atoms with Crippen LogP contribution in [0.25, 0.3) is 123 Å². The van der Waals surface area contributed by atoms with Crippen LogP contribution >= 0.6 is 0 Å². The first kappa shape index (κ1) is 39.2. The molecule has 3 aromatic heterocycles. The molecule has 10 aromatic carbocycles. The second-order valence-electron chi connectivity index (χ2n) is 17.2. The fourth-order valence-electron chi connectivity index (χ4n) is 10.0. The molecule has 0 aliphatic heterocycles. The molecule has 13 rings (SSSR count). The van der Waals surface area contributed by atoms with E-state index in [0.717, 1.165) is 83.0 Å². The van der Waals surface area contributed by atoms with Crippen molar-refractivity contribution in [3.05, 3.63) is 249 Å². The van der Waals surface area contributed by atoms with Gasteiger partial charge in [0.25, 0.3) is 0 Å². The average molecular weight is 868 g/mol. The Morgan fingerprint density at radius 2 is 0.735 bits per heavy atom. The molecule has 0 N–H and O–H groups in total. The summed E-state index contributed by atoms with van der Waals surface area (Å²) in [6.07, 6.45) is 0. The Hall–Kier alpha value is -9.19. The van der Waals surface area contributed by atoms with Gasteiger partial charge >= 0.3 is 0 Å². The summed E-state index contributed by atoms with van der Waals surface area (Å²) in [7, 11) is 0. The number of fused-ring (bicyclic) bond motifs is 7. The summed E-state index contributed by atoms with van der Waals surface area (Å²) in [5.74, 6) is 1.77. The van der Waals surface area contributed by atoms with Crippen LogP contribution in [0.5, 0.6) is 0 Å². The third kappa shape index (κ3) is 6.68. The van der Waals surface area contributed by atoms with Gasteiger partial charge in [0.2, 0.25) is 5.95 Å². The lowest BCUT2D eigenvalue weighted by Gasteiger charge is -2.17. The van der Waals surface area contributed by atoms with E-state index in [9.17, 15) is 0 Å². The fraction of sp³-hybridized carbons (Fsp3) is 0. The number of benzene rings is 10. The minimum atomic E-state index is 0.553. The summed E-state index contributed by atoms with van der Waals surface area (Å²) in [6.45, 7) is 0. The number of hydrogen-bond donors (Lipinski definition) is 0. The Labute approximate surface area is 393 Å². The third-order valence-corrected chi connectivity index (χ3v) is 13.2. The second-order valence-corrected chi connectivity index (χ2v) is 17.2. The standard InChI is InChI=1S/C63H41N5/c1-5-19-42(20-6-1)46-27-17-29-48(39-46)49-35-36-51(44-23-9-3-10-24-44)58(41-49)67-55-33-15-13-31-52(55)53-37-38-57-59(60(53)67)54-32-14-16-34-56(54)68(57)63-65-61(45-25-11-4-12-26-45)64-62(66-63)50-30-18-28-47(40-50)43-21-7-2-8-22-43/h1-41H. The van der Waals surface area contributed by atoms with Crippen molar-refractivity contribution >= 4 is 43.6 Å². The van der Waals surface area contributed by atoms with Gasteiger partial charge in [-0.2, -0.15) is 9.97 Å². The topological polar surface area (TPSA) is 48.5 Å². The predicted octanol–water partition coefficient (Wildman–Crippen LogP) is 16.1. The van der Waals surface area contributed by atoms with E-state index >= 15 is 0 Å². The maximum atomic E-state index is 5.37. The smallest absolute Gasteiger partial charge is 0.238 e. The Balaban J connectivity index is 1.09. The zero-order chi connectivity index (χ0) is 45.0. The molecule has 5 nitrogen and oxygen atoms in total. The van der Waals surface area contributed by atoms with E-state index < -0.39 is 0 Å². The average Bonchev–Trinajstić information content (AvgIpc) is 3.95. The number of nitrogens with zero attached hydrogens (tertiary/aromatic N) is 5. The van der Waals surface area contributed by atoms with Crippen molar-refractivity contribution in [2.75, 3.05) is 0 Å². The first-order chi connectivity index (χ1) is 33.7. The van der Waals surface area contributed by atoms with Gasteiger partial charge in [-0.3, -0.25) is 4.57 Å². The van der Waals surface area contributed by atoms with Crippen LogP contribution in [0.2, 0.25) is 0 Å². The molecule has 0 spiro atoms. The Morgan fingerprint density at radius 3 is 1.38 bits per heavy atom. The summed E-state index contributed by atoms with van der Waals surface area (Å²) in [6, 6.07) is 88.3. The van der Waals surface area contributed by atoms with Crippen molar-refractivity contribution in [1.82, 2.24) is 24.1 Å². The lowest BCUT2D eigenvalue weighted by Crippen LogP contribution is -2.06. The molecule has 68 heavy (non-hydrogen) atoms. The number of hydrogen-bond acceptors (Lipinski definition) is 3. The first-order valence-electron chi connectivity index (χ1n) is 23.0. The Morgan fingerprint density at radius 1 is 0.265 bits per heavy atom. The Kier molecular flexibility index (Phi) is 9.43. The molecule has 0 saturated carbocycles. The van der Waals surface area contributed by atoms with Crippen molar-refractivity contribution in [3.8, 4) is 78.9 Å². The molecule has 3 heterocycles. The van der Waals surface area contributed by atoms with Gasteiger partial charge in [0.05, 0.1) is 27.8 Å². The number of aromatic nitrogens is 5. The number of para-hydroxylation sites is 2. The second kappa shape index (κ2) is 16.4. The molecule has 0 fully saturated rings. The van der Waals surface area contributed by atoms with Crippen LogP contribution < -0.4 is 0 Å². The van der Waals surface area contributed by atoms with Crippen molar-refractivity contribution in [1.29, 1.82) is 0 Å². The van der Waals surface area contributed by atoms with Crippen molar-refractivity contribution < 1.29 is 0 Å². The van der Waals surface area contributed by atoms with E-state index in [1.165, 1.54) is 21.9 Å². The zero-order valence-electron chi connectivity index (χ0n) is 36.9. The van der Waals surface area contributed by atoms with Crippen LogP contribution in [0.3, 0.4) is 0 Å². The molecule has 0 radical (unpaired) electrons. The van der Waals surface area contributed by atoms with Gasteiger partial charge in [-0.25, -0.2) is 4.98 Å². The highest BCUT2D eigenvalue weighted by Crippen LogP contribution is 2.44. The quantitative estimate of drug-likeness (QED) is 0.153. The lowest BCUT2D eigenvalue weighted by atomic mass is 9.95. The molecule has 0 aliphatic carbocycles. The monoisotopic (exact) mass is 867 g/mol. The summed E-state index contributed by atoms with van der Waals surface area (Å²) in [4.78, 5) is 15.9. The van der Waals surface area contributed by atoms with Crippen LogP contribution in [0, 0.1) is 0 Å². The van der Waals surface area contributed by atoms with Crippen LogP contribution in [0.15, 0.2) is 249 Å². The molecular formula is C63H41N5. The summed E-state index contributed by atoms with van der Waals surface area (Å²) in [5.41, 5.74) is 16.4. The van der Waals surface area contributed by atoms with E-state index in [4.69, 9.17) is 15.0 Å². The van der Waals surface area contributed by atoms with Gasteiger partial charge in [-0.05, 0) is 75.3 Å². The predicted molar refractivity (Wildman–Crippen MR) is 281 cm³/mol. The van der Waals surface area contributed by atoms with Crippen LogP contribution in [0.4, 0.5) is 0 Å². The van der Waals surface area contributed by atoms with E-state index in [1.54, 1.807) is 0 Å². The van der Waals surface area contributed by atoms with Gasteiger partial charge in [0.1, 0.15) is 0 Å². The van der Waals surface area contributed by atoms with E-state index in [-0.39, 0.29) is 0 Å². The maximum Gasteiger partial charge on any atom is 0.238 e. The molecule has 13 aromatic rings. The van der Waals surface area contributed by atoms with Crippen molar-refractivity contribution in [2.24, 2.45) is 0 Å². The van der Waals surface area contributed by atoms with E-state index in [1.807, 2.05) is 24.3 Å². The molecule has 0 bridgehead atoms. The lowest BCUT2D eigenvalue weighted by molar-refractivity contribution is 0.953. The van der Waals surface area contributed by atoms with Gasteiger partial charge in [0, 0.05) is 38.2 Å². The fourth-order valence-corrected chi connectivity index (χ4v) is 10.0. The van der Waals surface area contributed by atoms with Crippen LogP contribution in [0.1, 0.15) is 0 Å². The van der Waals surface area contributed by atoms with Crippen LogP contribution in [-0.2, 0) is 0 Å². The van der Waals surface area contributed by atoms with E-state index in [0.29, 0.717) is 17.6 Å². The van der Waals surface area contributed by atoms with Crippen LogP contribution in [-0.4, -0.2) is 24.1 Å². The molecule has 0 saturated heterocycles. The largest absolute Gasteiger partial charge is 0.308 e. The van der Waals surface area contributed by atoms with Gasteiger partial charge < -0.3 is 4.57 Å². The van der Waals surface area contributed by atoms with Gasteiger partial charge in [0.15, 0.2) is 11.6 Å². The molecule has 5 heteroatoms. The first-order valence-corrected chi connectivity index (χ1v) is 23.0. The highest BCUT2D eigenvalue weighted by molar-refractivity contribution is 6.26. The zero-order valence-corrected chi connectivity index (χ0v) is 36.9. The highest BCUT2D eigenvalue weighted by Gasteiger charge is 2.24. The minimum Gasteiger partial charge on any atom is -0.308 e. The van der Waals surface area contributed by atoms with E-state index in [2.05, 4.69) is 234 Å². The SMILES string of the molecule is c1ccc(-c2cccc(-c3ccc(-c4ccccc4)c(-n4c5ccccc5c5ccc6c(c7ccccc7n6-c6nc(-c7ccccc7)nc(-c7cccc(-c8ccccc8)c7)n6)c54)c3)c2)cc1. The maximum absolute atomic E-state index is 5.37. The Bertz CT molecular complexity index is 4010. The molecule has 0 unspecified atom stereocenters. The van der Waals surface area contributed by atoms with Crippen molar-refractivity contribution in [3.63, 3.8) is 0 Å².